The van der Waals surface area contributed by atoms with E-state index < -0.39 is 0 Å². The van der Waals surface area contributed by atoms with Crippen molar-refractivity contribution in [3.63, 3.8) is 0 Å². The third kappa shape index (κ3) is 4.51. The molecular formula is C49H37BFN3O. The summed E-state index contributed by atoms with van der Waals surface area (Å²) in [5.41, 5.74) is 16.0. The van der Waals surface area contributed by atoms with Crippen LogP contribution in [0.4, 0.5) is 38.5 Å². The highest BCUT2D eigenvalue weighted by molar-refractivity contribution is 7.00. The summed E-state index contributed by atoms with van der Waals surface area (Å²) in [4.78, 5) is 4.74. The molecule has 0 atom stereocenters. The Morgan fingerprint density at radius 3 is 1.96 bits per heavy atom. The van der Waals surface area contributed by atoms with Crippen LogP contribution in [-0.2, 0) is 5.41 Å². The molecule has 0 radical (unpaired) electrons. The molecule has 7 aromatic carbocycles. The smallest absolute Gasteiger partial charge is 0.297 e. The number of hydrogen-bond donors (Lipinski definition) is 0. The highest BCUT2D eigenvalue weighted by Crippen LogP contribution is 2.50. The Bertz CT molecular complexity index is 2990. The molecular weight excluding hydrogens is 676 g/mol. The molecule has 6 heteroatoms. The Labute approximate surface area is 319 Å². The van der Waals surface area contributed by atoms with Gasteiger partial charge in [-0.25, -0.2) is 4.39 Å². The quantitative estimate of drug-likeness (QED) is 0.170. The first kappa shape index (κ1) is 32.0. The number of rotatable bonds is 3. The molecule has 4 nitrogen and oxygen atoms in total. The van der Waals surface area contributed by atoms with Gasteiger partial charge in [-0.1, -0.05) is 99.1 Å². The summed E-state index contributed by atoms with van der Waals surface area (Å²) < 4.78 is 24.3. The Balaban J connectivity index is 1.33. The van der Waals surface area contributed by atoms with Crippen molar-refractivity contribution < 1.29 is 8.81 Å². The number of fused-ring (bicyclic) bond motifs is 10. The number of furan rings is 1. The summed E-state index contributed by atoms with van der Waals surface area (Å²) in [5.74, 6) is -0.266. The molecule has 11 rings (SSSR count). The monoisotopic (exact) mass is 713 g/mol. The summed E-state index contributed by atoms with van der Waals surface area (Å²) in [6, 6.07) is 52.7. The summed E-state index contributed by atoms with van der Waals surface area (Å²) in [6.07, 6.45) is 0. The van der Waals surface area contributed by atoms with E-state index in [9.17, 15) is 4.39 Å². The van der Waals surface area contributed by atoms with Crippen molar-refractivity contribution in [2.24, 2.45) is 0 Å². The molecule has 0 fully saturated rings. The molecule has 55 heavy (non-hydrogen) atoms. The minimum absolute atomic E-state index is 0.102. The van der Waals surface area contributed by atoms with E-state index in [2.05, 4.69) is 163 Å². The van der Waals surface area contributed by atoms with Crippen LogP contribution in [0.2, 0.25) is 0 Å². The first-order chi connectivity index (χ1) is 26.8. The van der Waals surface area contributed by atoms with Crippen LogP contribution >= 0.6 is 0 Å². The van der Waals surface area contributed by atoms with Crippen molar-refractivity contribution in [2.45, 2.75) is 33.1 Å². The van der Waals surface area contributed by atoms with E-state index in [0.717, 1.165) is 78.4 Å². The average molecular weight is 714 g/mol. The summed E-state index contributed by atoms with van der Waals surface area (Å²) >= 11 is 0. The third-order valence-electron chi connectivity index (χ3n) is 11.6. The number of nitrogens with zero attached hydrogens (tertiary/aromatic N) is 3. The number of hydrogen-bond acceptors (Lipinski definition) is 3. The lowest BCUT2D eigenvalue weighted by molar-refractivity contribution is 0.596. The van der Waals surface area contributed by atoms with Crippen LogP contribution in [-0.4, -0.2) is 11.3 Å². The first-order valence-corrected chi connectivity index (χ1v) is 19.0. The third-order valence-corrected chi connectivity index (χ3v) is 11.6. The van der Waals surface area contributed by atoms with Crippen molar-refractivity contribution in [2.75, 3.05) is 9.80 Å². The zero-order valence-corrected chi connectivity index (χ0v) is 31.1. The summed E-state index contributed by atoms with van der Waals surface area (Å²) in [5, 5.41) is 3.50. The molecule has 0 saturated carbocycles. The topological polar surface area (TPSA) is 24.6 Å². The van der Waals surface area contributed by atoms with Gasteiger partial charge in [0.1, 0.15) is 11.4 Å². The van der Waals surface area contributed by atoms with Gasteiger partial charge in [-0.2, -0.15) is 0 Å². The Morgan fingerprint density at radius 1 is 0.582 bits per heavy atom. The highest BCUT2D eigenvalue weighted by atomic mass is 19.1. The Kier molecular flexibility index (Phi) is 6.67. The van der Waals surface area contributed by atoms with Gasteiger partial charge < -0.3 is 18.8 Å². The first-order valence-electron chi connectivity index (χ1n) is 19.0. The van der Waals surface area contributed by atoms with Gasteiger partial charge in [-0.05, 0) is 108 Å². The molecule has 0 spiro atoms. The average Bonchev–Trinajstić information content (AvgIpc) is 3.75. The largest absolute Gasteiger partial charge is 0.468 e. The number of anilines is 6. The van der Waals surface area contributed by atoms with E-state index >= 15 is 0 Å². The lowest BCUT2D eigenvalue weighted by Crippen LogP contribution is -2.61. The van der Waals surface area contributed by atoms with Crippen molar-refractivity contribution in [1.82, 2.24) is 4.57 Å². The minimum atomic E-state index is -0.266. The van der Waals surface area contributed by atoms with Gasteiger partial charge in [-0.15, -0.1) is 0 Å². The molecule has 0 saturated heterocycles. The minimum Gasteiger partial charge on any atom is -0.468 e. The van der Waals surface area contributed by atoms with Gasteiger partial charge in [0.15, 0.2) is 0 Å². The Morgan fingerprint density at radius 2 is 1.24 bits per heavy atom. The summed E-state index contributed by atoms with van der Waals surface area (Å²) in [6.45, 7) is 8.78. The van der Waals surface area contributed by atoms with Gasteiger partial charge in [0.05, 0.1) is 28.1 Å². The number of halogens is 1. The van der Waals surface area contributed by atoms with E-state index in [4.69, 9.17) is 4.42 Å². The van der Waals surface area contributed by atoms with E-state index in [-0.39, 0.29) is 17.9 Å². The molecule has 4 heterocycles. The number of aromatic nitrogens is 1. The molecule has 2 aromatic heterocycles. The molecule has 0 N–H and O–H groups in total. The maximum absolute atomic E-state index is 14.8. The normalized spacial score (nSPS) is 13.4. The lowest BCUT2D eigenvalue weighted by Gasteiger charge is -2.42. The predicted molar refractivity (Wildman–Crippen MR) is 228 cm³/mol. The second-order valence-corrected chi connectivity index (χ2v) is 16.0. The predicted octanol–water partition coefficient (Wildman–Crippen LogP) is 11.4. The molecule has 0 amide bonds. The Hall–Kier alpha value is -6.53. The van der Waals surface area contributed by atoms with E-state index in [1.807, 2.05) is 18.2 Å². The SMILES string of the molecule is Cc1ccc(N2c3cccc4c3B(c3ccc5c6c(C(C)(C)C)cccc6n(-c6ccccc6)c5c3N4c3ccc(F)cc3)c3oc4ccccc4c32)cc1. The van der Waals surface area contributed by atoms with Crippen LogP contribution in [0.5, 0.6) is 0 Å². The lowest BCUT2D eigenvalue weighted by atomic mass is 9.35. The maximum atomic E-state index is 14.8. The fourth-order valence-electron chi connectivity index (χ4n) is 9.28. The van der Waals surface area contributed by atoms with Crippen molar-refractivity contribution in [3.8, 4) is 5.69 Å². The molecule has 264 valence electrons. The maximum Gasteiger partial charge on any atom is 0.297 e. The number of benzene rings is 7. The van der Waals surface area contributed by atoms with Gasteiger partial charge in [0, 0.05) is 44.6 Å². The fourth-order valence-corrected chi connectivity index (χ4v) is 9.28. The van der Waals surface area contributed by atoms with Gasteiger partial charge in [0.2, 0.25) is 0 Å². The van der Waals surface area contributed by atoms with Gasteiger partial charge in [0.25, 0.3) is 6.71 Å². The molecule has 2 aliphatic heterocycles. The summed E-state index contributed by atoms with van der Waals surface area (Å²) in [7, 11) is 0. The molecule has 9 aromatic rings. The van der Waals surface area contributed by atoms with Crippen LogP contribution in [0.3, 0.4) is 0 Å². The second kappa shape index (κ2) is 11.5. The van der Waals surface area contributed by atoms with E-state index in [1.165, 1.54) is 21.9 Å². The zero-order valence-electron chi connectivity index (χ0n) is 31.1. The van der Waals surface area contributed by atoms with Crippen LogP contribution in [0.25, 0.3) is 38.5 Å². The molecule has 2 aliphatic rings. The highest BCUT2D eigenvalue weighted by Gasteiger charge is 2.47. The standard InChI is InChI=1S/C49H37BFN3O/c1-30-20-24-33(25-21-30)53-40-17-11-18-41-44(40)50(48-46(53)35-14-8-9-19-42(35)55-48)38-29-28-36-43-37(49(2,3)4)15-10-16-39(43)52(32-12-6-5-7-13-32)45(36)47(38)54(41)34-26-22-31(51)23-27-34/h5-29H,1-4H3. The number of para-hydroxylation sites is 2. The van der Waals surface area contributed by atoms with Crippen LogP contribution in [0, 0.1) is 12.7 Å². The zero-order chi connectivity index (χ0) is 37.2. The molecule has 0 bridgehead atoms. The van der Waals surface area contributed by atoms with Gasteiger partial charge in [-0.3, -0.25) is 0 Å². The molecule has 0 unspecified atom stereocenters. The molecule has 0 aliphatic carbocycles. The van der Waals surface area contributed by atoms with Crippen molar-refractivity contribution in [1.29, 1.82) is 0 Å². The fraction of sp³-hybridized carbons (Fsp3) is 0.102. The van der Waals surface area contributed by atoms with E-state index in [0.29, 0.717) is 0 Å². The van der Waals surface area contributed by atoms with Crippen molar-refractivity contribution in [3.05, 3.63) is 169 Å². The second-order valence-electron chi connectivity index (χ2n) is 16.0. The van der Waals surface area contributed by atoms with E-state index in [1.54, 1.807) is 12.1 Å². The van der Waals surface area contributed by atoms with Gasteiger partial charge >= 0.3 is 0 Å². The number of aryl methyl sites for hydroxylation is 1. The van der Waals surface area contributed by atoms with Crippen LogP contribution in [0.15, 0.2) is 156 Å². The van der Waals surface area contributed by atoms with Crippen molar-refractivity contribution >= 4 is 90.2 Å². The van der Waals surface area contributed by atoms with Crippen LogP contribution < -0.4 is 26.4 Å². The van der Waals surface area contributed by atoms with Crippen LogP contribution in [0.1, 0.15) is 31.9 Å².